The fraction of sp³-hybridized carbons (Fsp3) is 0.667. The van der Waals surface area contributed by atoms with Gasteiger partial charge in [-0.1, -0.05) is 21.6 Å². The predicted octanol–water partition coefficient (Wildman–Crippen LogP) is -1.64. The van der Waals surface area contributed by atoms with Gasteiger partial charge in [-0.05, 0) is 0 Å². The lowest BCUT2D eigenvalue weighted by Gasteiger charge is -2.05. The lowest BCUT2D eigenvalue weighted by atomic mass is 10.4. The lowest BCUT2D eigenvalue weighted by molar-refractivity contribution is -0.138. The van der Waals surface area contributed by atoms with Crippen molar-refractivity contribution in [3.05, 3.63) is 0 Å². The SMILES string of the molecule is N[C@@H](CSSC[C@H](N)C(=O)[OH2+])C(=O)O. The third-order valence-electron chi connectivity index (χ3n) is 1.23. The van der Waals surface area contributed by atoms with E-state index < -0.39 is 24.0 Å². The van der Waals surface area contributed by atoms with Crippen molar-refractivity contribution in [2.45, 2.75) is 12.1 Å². The highest BCUT2D eigenvalue weighted by molar-refractivity contribution is 8.76. The van der Waals surface area contributed by atoms with E-state index in [9.17, 15) is 9.59 Å². The lowest BCUT2D eigenvalue weighted by Crippen LogP contribution is -2.33. The van der Waals surface area contributed by atoms with Gasteiger partial charge < -0.3 is 21.7 Å². The average Bonchev–Trinajstić information content (AvgIpc) is 2.11. The smallest absolute Gasteiger partial charge is 0.533 e. The van der Waals surface area contributed by atoms with Crippen molar-refractivity contribution < 1.29 is 19.8 Å². The van der Waals surface area contributed by atoms with Crippen LogP contribution in [0.5, 0.6) is 0 Å². The predicted molar refractivity (Wildman–Crippen MR) is 57.1 cm³/mol. The van der Waals surface area contributed by atoms with Crippen LogP contribution in [0.25, 0.3) is 0 Å². The van der Waals surface area contributed by atoms with Crippen LogP contribution in [0.2, 0.25) is 0 Å². The van der Waals surface area contributed by atoms with Gasteiger partial charge in [-0.2, -0.15) is 0 Å². The molecule has 14 heavy (non-hydrogen) atoms. The number of hydrogen-bond acceptors (Lipinski definition) is 6. The zero-order chi connectivity index (χ0) is 11.1. The van der Waals surface area contributed by atoms with E-state index in [-0.39, 0.29) is 5.75 Å². The Labute approximate surface area is 88.8 Å². The minimum absolute atomic E-state index is 0.249. The van der Waals surface area contributed by atoms with Crippen molar-refractivity contribution in [1.29, 1.82) is 0 Å². The van der Waals surface area contributed by atoms with Crippen LogP contribution >= 0.6 is 21.6 Å². The molecule has 0 saturated carbocycles. The highest BCUT2D eigenvalue weighted by Gasteiger charge is 2.19. The number of hydrogen-bond donors (Lipinski definition) is 3. The molecule has 0 heterocycles. The topological polar surface area (TPSA) is 129 Å². The molecule has 6 nitrogen and oxygen atoms in total. The van der Waals surface area contributed by atoms with Gasteiger partial charge in [0.05, 0.1) is 0 Å². The molecule has 0 saturated heterocycles. The van der Waals surface area contributed by atoms with Crippen LogP contribution < -0.4 is 11.5 Å². The summed E-state index contributed by atoms with van der Waals surface area (Å²) in [5.74, 6) is -1.34. The molecule has 7 N–H and O–H groups in total. The summed E-state index contributed by atoms with van der Waals surface area (Å²) < 4.78 is 0. The molecule has 0 unspecified atom stereocenters. The van der Waals surface area contributed by atoms with Crippen LogP contribution in [0.15, 0.2) is 0 Å². The van der Waals surface area contributed by atoms with Crippen LogP contribution in [0, 0.1) is 0 Å². The molecule has 0 rings (SSSR count). The monoisotopic (exact) mass is 241 g/mol. The molecule has 2 atom stereocenters. The molecular formula is C6H13N2O4S2+. The minimum atomic E-state index is -1.06. The van der Waals surface area contributed by atoms with Crippen molar-refractivity contribution >= 4 is 33.5 Å². The molecule has 0 radical (unpaired) electrons. The van der Waals surface area contributed by atoms with E-state index in [1.165, 1.54) is 21.6 Å². The summed E-state index contributed by atoms with van der Waals surface area (Å²) in [6, 6.07) is -1.72. The Morgan fingerprint density at radius 1 is 1.21 bits per heavy atom. The van der Waals surface area contributed by atoms with Gasteiger partial charge in [0, 0.05) is 16.3 Å². The highest BCUT2D eigenvalue weighted by Crippen LogP contribution is 2.22. The summed E-state index contributed by atoms with van der Waals surface area (Å²) in [4.78, 5) is 20.7. The molecule has 0 bridgehead atoms. The van der Waals surface area contributed by atoms with E-state index in [1.54, 1.807) is 0 Å². The Bertz CT molecular complexity index is 192. The second-order valence-electron chi connectivity index (χ2n) is 2.48. The summed E-state index contributed by atoms with van der Waals surface area (Å²) in [5.41, 5.74) is 10.5. The zero-order valence-corrected chi connectivity index (χ0v) is 8.94. The van der Waals surface area contributed by atoms with Gasteiger partial charge >= 0.3 is 11.9 Å². The fourth-order valence-corrected chi connectivity index (χ4v) is 2.63. The Morgan fingerprint density at radius 3 is 2.00 bits per heavy atom. The number of carboxylic acid groups (broad SMARTS) is 1. The maximum absolute atomic E-state index is 10.4. The first kappa shape index (κ1) is 13.6. The molecule has 8 heteroatoms. The Hall–Kier alpha value is -0.440. The number of carbonyl (C=O) groups is 2. The molecule has 0 aliphatic carbocycles. The van der Waals surface area contributed by atoms with Crippen molar-refractivity contribution in [2.75, 3.05) is 11.5 Å². The number of carboxylic acids is 1. The van der Waals surface area contributed by atoms with Gasteiger partial charge in [0.25, 0.3) is 0 Å². The van der Waals surface area contributed by atoms with E-state index >= 15 is 0 Å². The standard InChI is InChI=1S/C6H12N2O4S2/c7-3(5(9)10)1-13-14-2-4(8)6(11)12/h3-4H,1-2,7-8H2,(H,9,10)(H,11,12)/p+1/t3-,4-/m0/s1. The highest BCUT2D eigenvalue weighted by atomic mass is 33.1. The molecule has 82 valence electrons. The van der Waals surface area contributed by atoms with Crippen molar-refractivity contribution in [3.8, 4) is 0 Å². The third-order valence-corrected chi connectivity index (χ3v) is 3.71. The maximum Gasteiger partial charge on any atom is 0.533 e. The molecule has 0 aromatic heterocycles. The number of rotatable bonds is 7. The van der Waals surface area contributed by atoms with Gasteiger partial charge in [-0.25, -0.2) is 0 Å². The summed E-state index contributed by atoms with van der Waals surface area (Å²) in [6.45, 7) is 0. The number of carbonyl (C=O) groups excluding carboxylic acids is 1. The summed E-state index contributed by atoms with van der Waals surface area (Å²) in [7, 11) is 2.47. The first-order valence-corrected chi connectivity index (χ1v) is 6.17. The van der Waals surface area contributed by atoms with E-state index in [4.69, 9.17) is 21.7 Å². The molecule has 0 spiro atoms. The number of nitrogens with two attached hydrogens (primary N) is 2. The summed E-state index contributed by atoms with van der Waals surface area (Å²) in [6.07, 6.45) is 0. The molecule has 0 aromatic rings. The zero-order valence-electron chi connectivity index (χ0n) is 7.30. The number of aliphatic carboxylic acids is 1. The van der Waals surface area contributed by atoms with Gasteiger partial charge in [-0.15, -0.1) is 0 Å². The van der Waals surface area contributed by atoms with E-state index in [2.05, 4.69) is 0 Å². The maximum atomic E-state index is 10.4. The van der Waals surface area contributed by atoms with E-state index in [0.29, 0.717) is 5.75 Å². The van der Waals surface area contributed by atoms with Gasteiger partial charge in [-0.3, -0.25) is 4.79 Å². The van der Waals surface area contributed by atoms with Gasteiger partial charge in [0.1, 0.15) is 6.04 Å². The van der Waals surface area contributed by atoms with Gasteiger partial charge in [0.2, 0.25) is 0 Å². The van der Waals surface area contributed by atoms with Crippen LogP contribution in [-0.4, -0.2) is 45.7 Å². The van der Waals surface area contributed by atoms with E-state index in [0.717, 1.165) is 0 Å². The van der Waals surface area contributed by atoms with E-state index in [1.807, 2.05) is 0 Å². The fourth-order valence-electron chi connectivity index (χ4n) is 0.390. The van der Waals surface area contributed by atoms with Gasteiger partial charge in [0.15, 0.2) is 6.04 Å². The van der Waals surface area contributed by atoms with Crippen LogP contribution in [-0.2, 0) is 9.59 Å². The molecular weight excluding hydrogens is 228 g/mol. The second-order valence-corrected chi connectivity index (χ2v) is 5.04. The average molecular weight is 241 g/mol. The first-order chi connectivity index (χ1) is 6.45. The molecule has 0 aromatic carbocycles. The van der Waals surface area contributed by atoms with Crippen LogP contribution in [0.1, 0.15) is 0 Å². The molecule has 0 aliphatic rings. The summed E-state index contributed by atoms with van der Waals surface area (Å²) >= 11 is 0. The Morgan fingerprint density at radius 2 is 1.64 bits per heavy atom. The largest absolute Gasteiger partial charge is 0.564 e. The van der Waals surface area contributed by atoms with Crippen LogP contribution in [0.3, 0.4) is 0 Å². The van der Waals surface area contributed by atoms with Crippen molar-refractivity contribution in [2.24, 2.45) is 11.5 Å². The minimum Gasteiger partial charge on any atom is -0.564 e. The van der Waals surface area contributed by atoms with Crippen molar-refractivity contribution in [3.63, 3.8) is 0 Å². The Balaban J connectivity index is 3.47. The molecule has 0 aliphatic heterocycles. The normalized spacial score (nSPS) is 14.7. The first-order valence-electron chi connectivity index (χ1n) is 3.69. The summed E-state index contributed by atoms with van der Waals surface area (Å²) in [5, 5.41) is 15.1. The van der Waals surface area contributed by atoms with Crippen molar-refractivity contribution in [1.82, 2.24) is 0 Å². The quantitative estimate of drug-likeness (QED) is 0.277. The Kier molecular flexibility index (Phi) is 6.71. The van der Waals surface area contributed by atoms with Crippen LogP contribution in [0.4, 0.5) is 0 Å². The molecule has 0 fully saturated rings. The second kappa shape index (κ2) is 6.93. The molecule has 0 amide bonds. The third kappa shape index (κ3) is 6.08.